The van der Waals surface area contributed by atoms with Crippen LogP contribution in [0.15, 0.2) is 23.2 Å². The van der Waals surface area contributed by atoms with E-state index in [1.54, 1.807) is 19.1 Å². The van der Waals surface area contributed by atoms with E-state index in [1.807, 2.05) is 0 Å². The molecule has 0 bridgehead atoms. The molecule has 0 spiro atoms. The molecule has 1 aromatic carbocycles. The molecular formula is C14H14FN3O4S2. The molecule has 2 aromatic rings. The molecular weight excluding hydrogens is 357 g/mol. The average molecular weight is 371 g/mol. The Labute approximate surface area is 144 Å². The highest BCUT2D eigenvalue weighted by atomic mass is 32.2. The van der Waals surface area contributed by atoms with E-state index in [1.165, 1.54) is 17.4 Å². The number of phenols is 1. The number of alkyl halides is 1. The maximum absolute atomic E-state index is 14.1. The van der Waals surface area contributed by atoms with Crippen LogP contribution in [0.2, 0.25) is 0 Å². The summed E-state index contributed by atoms with van der Waals surface area (Å²) in [7, 11) is 0. The van der Waals surface area contributed by atoms with Crippen LogP contribution in [0.5, 0.6) is 5.75 Å². The van der Waals surface area contributed by atoms with Gasteiger partial charge in [0.05, 0.1) is 10.2 Å². The van der Waals surface area contributed by atoms with Crippen molar-refractivity contribution in [2.24, 2.45) is 10.7 Å². The van der Waals surface area contributed by atoms with Gasteiger partial charge in [0.1, 0.15) is 15.8 Å². The second kappa shape index (κ2) is 7.01. The van der Waals surface area contributed by atoms with Gasteiger partial charge in [-0.1, -0.05) is 18.7 Å². The van der Waals surface area contributed by atoms with Gasteiger partial charge in [-0.05, 0) is 24.6 Å². The monoisotopic (exact) mass is 371 g/mol. The maximum Gasteiger partial charge on any atom is 0.370 e. The quantitative estimate of drug-likeness (QED) is 0.472. The lowest BCUT2D eigenvalue weighted by Gasteiger charge is -2.11. The number of hydrogen-bond donors (Lipinski definition) is 2. The lowest BCUT2D eigenvalue weighted by Crippen LogP contribution is -2.31. The van der Waals surface area contributed by atoms with Crippen LogP contribution in [0.3, 0.4) is 0 Å². The van der Waals surface area contributed by atoms with E-state index in [4.69, 9.17) is 5.73 Å². The van der Waals surface area contributed by atoms with E-state index in [0.29, 0.717) is 22.0 Å². The molecule has 3 atom stereocenters. The highest BCUT2D eigenvalue weighted by molar-refractivity contribution is 8.15. The Hall–Kier alpha value is -1.75. The number of phenolic OH excluding ortho intramolecular Hbond substituents is 1. The van der Waals surface area contributed by atoms with Crippen LogP contribution in [0.4, 0.5) is 4.39 Å². The Morgan fingerprint density at radius 2 is 2.33 bits per heavy atom. The third-order valence-corrected chi connectivity index (χ3v) is 5.34. The average Bonchev–Trinajstić information content (AvgIpc) is 3.15. The van der Waals surface area contributed by atoms with Gasteiger partial charge in [0.25, 0.3) is 0 Å². The maximum atomic E-state index is 14.1. The van der Waals surface area contributed by atoms with Crippen LogP contribution in [0, 0.1) is 0 Å². The molecule has 3 N–H and O–H groups in total. The largest absolute Gasteiger partial charge is 0.508 e. The van der Waals surface area contributed by atoms with E-state index in [2.05, 4.69) is 19.8 Å². The molecule has 0 amide bonds. The molecule has 3 rings (SSSR count). The SMILES string of the molecule is CCC(N)OOC(=O)[C@@H]1N=C(c2nc3ccc(O)cc3s2)SC1F. The summed E-state index contributed by atoms with van der Waals surface area (Å²) in [5.41, 5.74) is 4.54. The van der Waals surface area contributed by atoms with Crippen LogP contribution in [-0.4, -0.2) is 38.9 Å². The zero-order chi connectivity index (χ0) is 17.3. The van der Waals surface area contributed by atoms with Gasteiger partial charge < -0.3 is 10.8 Å². The molecule has 1 aliphatic rings. The number of carbonyl (C=O) groups excluding carboxylic acids is 1. The molecule has 7 nitrogen and oxygen atoms in total. The first-order valence-corrected chi connectivity index (χ1v) is 8.78. The van der Waals surface area contributed by atoms with Crippen molar-refractivity contribution in [1.29, 1.82) is 0 Å². The highest BCUT2D eigenvalue weighted by Crippen LogP contribution is 2.35. The summed E-state index contributed by atoms with van der Waals surface area (Å²) in [6.45, 7) is 1.75. The summed E-state index contributed by atoms with van der Waals surface area (Å²) in [6.07, 6.45) is -0.319. The molecule has 0 fully saturated rings. The summed E-state index contributed by atoms with van der Waals surface area (Å²) in [4.78, 5) is 29.4. The Bertz CT molecular complexity index is 797. The number of aliphatic imine (C=N–C) groups is 1. The summed E-state index contributed by atoms with van der Waals surface area (Å²) >= 11 is 2.05. The number of thioether (sulfide) groups is 1. The minimum Gasteiger partial charge on any atom is -0.508 e. The van der Waals surface area contributed by atoms with Crippen molar-refractivity contribution in [3.8, 4) is 5.75 Å². The predicted octanol–water partition coefficient (Wildman–Crippen LogP) is 2.33. The molecule has 2 heterocycles. The van der Waals surface area contributed by atoms with Crippen molar-refractivity contribution in [2.45, 2.75) is 31.1 Å². The molecule has 0 saturated carbocycles. The van der Waals surface area contributed by atoms with Crippen molar-refractivity contribution in [3.63, 3.8) is 0 Å². The lowest BCUT2D eigenvalue weighted by atomic mass is 10.3. The Morgan fingerprint density at radius 3 is 3.08 bits per heavy atom. The summed E-state index contributed by atoms with van der Waals surface area (Å²) in [6, 6.07) is 3.41. The first-order valence-electron chi connectivity index (χ1n) is 7.09. The lowest BCUT2D eigenvalue weighted by molar-refractivity contribution is -0.298. The minimum atomic E-state index is -1.59. The van der Waals surface area contributed by atoms with Crippen molar-refractivity contribution in [2.75, 3.05) is 0 Å². The second-order valence-electron chi connectivity index (χ2n) is 4.96. The number of nitrogens with zero attached hydrogens (tertiary/aromatic N) is 2. The van der Waals surface area contributed by atoms with Crippen molar-refractivity contribution in [1.82, 2.24) is 4.98 Å². The van der Waals surface area contributed by atoms with Gasteiger partial charge in [0.2, 0.25) is 0 Å². The topological polar surface area (TPSA) is 107 Å². The number of carbonyl (C=O) groups is 1. The fourth-order valence-corrected chi connectivity index (χ4v) is 3.88. The van der Waals surface area contributed by atoms with Gasteiger partial charge >= 0.3 is 5.97 Å². The number of nitrogens with two attached hydrogens (primary N) is 1. The first-order chi connectivity index (χ1) is 11.5. The summed E-state index contributed by atoms with van der Waals surface area (Å²) in [5, 5.41) is 10.3. The zero-order valence-electron chi connectivity index (χ0n) is 12.5. The normalized spacial score (nSPS) is 21.7. The fourth-order valence-electron chi connectivity index (χ4n) is 1.88. The van der Waals surface area contributed by atoms with Gasteiger partial charge in [-0.3, -0.25) is 9.88 Å². The van der Waals surface area contributed by atoms with Gasteiger partial charge in [-0.25, -0.2) is 14.2 Å². The molecule has 1 aliphatic heterocycles. The van der Waals surface area contributed by atoms with Crippen LogP contribution in [0.1, 0.15) is 18.4 Å². The minimum absolute atomic E-state index is 0.118. The van der Waals surface area contributed by atoms with Crippen LogP contribution in [-0.2, 0) is 14.6 Å². The number of hydrogen-bond acceptors (Lipinski definition) is 9. The molecule has 128 valence electrons. The van der Waals surface area contributed by atoms with Gasteiger partial charge in [-0.15, -0.1) is 11.3 Å². The molecule has 2 unspecified atom stereocenters. The van der Waals surface area contributed by atoms with E-state index in [0.717, 1.165) is 16.5 Å². The van der Waals surface area contributed by atoms with Crippen molar-refractivity contribution >= 4 is 44.3 Å². The molecule has 0 aliphatic carbocycles. The molecule has 24 heavy (non-hydrogen) atoms. The Balaban J connectivity index is 1.77. The van der Waals surface area contributed by atoms with E-state index < -0.39 is 23.7 Å². The molecule has 1 aromatic heterocycles. The number of rotatable bonds is 5. The predicted molar refractivity (Wildman–Crippen MR) is 89.5 cm³/mol. The Morgan fingerprint density at radius 1 is 1.54 bits per heavy atom. The number of aromatic nitrogens is 1. The Kier molecular flexibility index (Phi) is 4.99. The fraction of sp³-hybridized carbons (Fsp3) is 0.357. The van der Waals surface area contributed by atoms with E-state index in [-0.39, 0.29) is 5.75 Å². The molecule has 10 heteroatoms. The highest BCUT2D eigenvalue weighted by Gasteiger charge is 2.39. The second-order valence-corrected chi connectivity index (χ2v) is 7.07. The number of halogens is 1. The first kappa shape index (κ1) is 17.1. The zero-order valence-corrected chi connectivity index (χ0v) is 14.1. The number of thiazole rings is 1. The summed E-state index contributed by atoms with van der Waals surface area (Å²) in [5.74, 6) is -0.819. The van der Waals surface area contributed by atoms with Gasteiger partial charge in [0.15, 0.2) is 17.8 Å². The number of benzene rings is 1. The molecule has 0 radical (unpaired) electrons. The van der Waals surface area contributed by atoms with E-state index in [9.17, 15) is 14.3 Å². The smallest absolute Gasteiger partial charge is 0.370 e. The van der Waals surface area contributed by atoms with Crippen molar-refractivity contribution in [3.05, 3.63) is 23.2 Å². The van der Waals surface area contributed by atoms with E-state index >= 15 is 0 Å². The summed E-state index contributed by atoms with van der Waals surface area (Å²) < 4.78 is 14.8. The van der Waals surface area contributed by atoms with Crippen LogP contribution in [0.25, 0.3) is 10.2 Å². The number of aromatic hydroxyl groups is 1. The molecule has 0 saturated heterocycles. The van der Waals surface area contributed by atoms with Crippen molar-refractivity contribution < 1.29 is 24.1 Å². The van der Waals surface area contributed by atoms with Gasteiger partial charge in [-0.2, -0.15) is 4.89 Å². The number of fused-ring (bicyclic) bond motifs is 1. The standard InChI is InChI=1S/C14H14FN3O4S2/c1-2-9(16)21-22-14(20)10-11(15)24-13(18-10)12-17-7-4-3-6(19)5-8(7)23-12/h3-5,9-11,19H,2,16H2,1H3/t9?,10-,11?/m1/s1. The third kappa shape index (κ3) is 3.51. The third-order valence-electron chi connectivity index (χ3n) is 3.18. The van der Waals surface area contributed by atoms with Gasteiger partial charge in [0, 0.05) is 0 Å². The van der Waals surface area contributed by atoms with Crippen LogP contribution < -0.4 is 5.73 Å². The van der Waals surface area contributed by atoms with Crippen LogP contribution >= 0.6 is 23.1 Å².